The van der Waals surface area contributed by atoms with Gasteiger partial charge in [-0.2, -0.15) is 5.10 Å². The molecular formula is C31H39N7O2. The Labute approximate surface area is 235 Å². The topological polar surface area (TPSA) is 102 Å². The number of piperazine rings is 1. The molecule has 40 heavy (non-hydrogen) atoms. The molecule has 0 unspecified atom stereocenters. The molecule has 3 aromatic rings. The molecule has 1 saturated heterocycles. The van der Waals surface area contributed by atoms with Crippen LogP contribution in [-0.4, -0.2) is 77.2 Å². The van der Waals surface area contributed by atoms with Crippen LogP contribution in [0.1, 0.15) is 61.9 Å². The van der Waals surface area contributed by atoms with Crippen molar-refractivity contribution in [3.8, 4) is 22.5 Å². The van der Waals surface area contributed by atoms with Crippen LogP contribution in [0.15, 0.2) is 42.5 Å². The molecule has 1 aliphatic heterocycles. The monoisotopic (exact) mass is 541 g/mol. The second-order valence-electron chi connectivity index (χ2n) is 11.5. The van der Waals surface area contributed by atoms with E-state index in [1.807, 2.05) is 42.4 Å². The van der Waals surface area contributed by atoms with E-state index in [0.29, 0.717) is 34.2 Å². The van der Waals surface area contributed by atoms with Crippen molar-refractivity contribution in [1.82, 2.24) is 20.1 Å². The van der Waals surface area contributed by atoms with E-state index in [2.05, 4.69) is 46.0 Å². The zero-order valence-electron chi connectivity index (χ0n) is 23.7. The Hall–Kier alpha value is -3.69. The van der Waals surface area contributed by atoms with Crippen molar-refractivity contribution in [1.29, 1.82) is 0 Å². The van der Waals surface area contributed by atoms with Crippen LogP contribution in [-0.2, 0) is 0 Å². The van der Waals surface area contributed by atoms with Gasteiger partial charge in [0, 0.05) is 62.1 Å². The van der Waals surface area contributed by atoms with Crippen LogP contribution in [0.3, 0.4) is 0 Å². The molecule has 2 heterocycles. The number of fused-ring (bicyclic) bond motifs is 3. The molecule has 3 aliphatic rings. The van der Waals surface area contributed by atoms with Gasteiger partial charge in [-0.3, -0.25) is 14.8 Å². The number of H-pyrrole nitrogens is 1. The maximum Gasteiger partial charge on any atom is 0.334 e. The summed E-state index contributed by atoms with van der Waals surface area (Å²) in [6.07, 6.45) is 5.46. The number of amides is 2. The number of benzene rings is 2. The average molecular weight is 542 g/mol. The summed E-state index contributed by atoms with van der Waals surface area (Å²) >= 11 is 0. The number of aromatic nitrogens is 2. The molecule has 2 aromatic carbocycles. The second kappa shape index (κ2) is 10.7. The normalized spacial score (nSPS) is 17.9. The molecule has 0 atom stereocenters. The molecule has 2 aliphatic carbocycles. The number of hydrazine groups is 1. The van der Waals surface area contributed by atoms with Gasteiger partial charge in [0.25, 0.3) is 0 Å². The molecule has 3 N–H and O–H groups in total. The Morgan fingerprint density at radius 2 is 1.70 bits per heavy atom. The lowest BCUT2D eigenvalue weighted by Crippen LogP contribution is -2.52. The van der Waals surface area contributed by atoms with Gasteiger partial charge in [-0.25, -0.2) is 14.8 Å². The predicted molar refractivity (Wildman–Crippen MR) is 159 cm³/mol. The van der Waals surface area contributed by atoms with E-state index in [4.69, 9.17) is 5.73 Å². The van der Waals surface area contributed by atoms with Crippen LogP contribution in [0.4, 0.5) is 16.2 Å². The molecule has 2 amide bonds. The summed E-state index contributed by atoms with van der Waals surface area (Å²) in [6.45, 7) is 8.60. The maximum absolute atomic E-state index is 14.0. The van der Waals surface area contributed by atoms with Crippen molar-refractivity contribution in [3.05, 3.63) is 53.6 Å². The first-order chi connectivity index (χ1) is 19.3. The molecule has 1 saturated carbocycles. The van der Waals surface area contributed by atoms with Gasteiger partial charge in [0.15, 0.2) is 5.78 Å². The Morgan fingerprint density at radius 1 is 1.00 bits per heavy atom. The van der Waals surface area contributed by atoms with E-state index in [0.717, 1.165) is 63.0 Å². The number of hydrogen-bond acceptors (Lipinski definition) is 6. The van der Waals surface area contributed by atoms with Crippen LogP contribution >= 0.6 is 0 Å². The summed E-state index contributed by atoms with van der Waals surface area (Å²) in [7, 11) is 1.90. The minimum absolute atomic E-state index is 0.137. The van der Waals surface area contributed by atoms with E-state index in [9.17, 15) is 9.59 Å². The molecule has 0 spiro atoms. The SMILES string of the molecule is CC(C)N1CCN(c2ccc(-c3n[nH]c4c3C(=O)c3c-4cccc3N(C(N)=O)N(C)C3CCCCC3)cc2)CC1. The van der Waals surface area contributed by atoms with E-state index < -0.39 is 6.03 Å². The number of primary amides is 1. The fraction of sp³-hybridized carbons (Fsp3) is 0.452. The summed E-state index contributed by atoms with van der Waals surface area (Å²) in [4.78, 5) is 31.7. The quantitative estimate of drug-likeness (QED) is 0.337. The van der Waals surface area contributed by atoms with Crippen LogP contribution in [0.25, 0.3) is 22.5 Å². The number of nitrogens with one attached hydrogen (secondary N) is 1. The van der Waals surface area contributed by atoms with E-state index in [1.165, 1.54) is 17.1 Å². The number of carbonyl (C=O) groups excluding carboxylic acids is 2. The van der Waals surface area contributed by atoms with Crippen molar-refractivity contribution in [2.24, 2.45) is 5.73 Å². The molecule has 9 nitrogen and oxygen atoms in total. The molecule has 0 radical (unpaired) electrons. The van der Waals surface area contributed by atoms with Crippen molar-refractivity contribution >= 4 is 23.2 Å². The van der Waals surface area contributed by atoms with Gasteiger partial charge in [0.05, 0.1) is 22.5 Å². The Balaban J connectivity index is 1.28. The van der Waals surface area contributed by atoms with Gasteiger partial charge in [0.2, 0.25) is 0 Å². The Kier molecular flexibility index (Phi) is 7.10. The number of carbonyl (C=O) groups is 2. The third-order valence-corrected chi connectivity index (χ3v) is 8.94. The molecule has 2 fully saturated rings. The van der Waals surface area contributed by atoms with Crippen molar-refractivity contribution < 1.29 is 9.59 Å². The van der Waals surface area contributed by atoms with Gasteiger partial charge in [0.1, 0.15) is 5.69 Å². The van der Waals surface area contributed by atoms with E-state index in [-0.39, 0.29) is 11.8 Å². The first kappa shape index (κ1) is 26.5. The third-order valence-electron chi connectivity index (χ3n) is 8.94. The summed E-state index contributed by atoms with van der Waals surface area (Å²) in [6, 6.07) is 14.1. The third kappa shape index (κ3) is 4.57. The standard InChI is InChI=1S/C31H39N7O2/c1-20(2)36-16-18-37(19-17-36)23-14-12-21(13-15-23)28-27-29(34-33-28)24-10-7-11-25(26(24)30(27)39)38(31(32)40)35(3)22-8-5-4-6-9-22/h7,10-15,20,22H,4-6,8-9,16-19H2,1-3H3,(H2,32,40)(H,33,34). The maximum atomic E-state index is 14.0. The minimum Gasteiger partial charge on any atom is -0.369 e. The lowest BCUT2D eigenvalue weighted by Gasteiger charge is -2.39. The van der Waals surface area contributed by atoms with Gasteiger partial charge in [-0.15, -0.1) is 0 Å². The highest BCUT2D eigenvalue weighted by Gasteiger charge is 2.38. The largest absolute Gasteiger partial charge is 0.369 e. The van der Waals surface area contributed by atoms with Gasteiger partial charge in [-0.05, 0) is 44.9 Å². The summed E-state index contributed by atoms with van der Waals surface area (Å²) in [5.74, 6) is -0.137. The second-order valence-corrected chi connectivity index (χ2v) is 11.5. The van der Waals surface area contributed by atoms with Crippen molar-refractivity contribution in [2.45, 2.75) is 58.0 Å². The minimum atomic E-state index is -0.590. The molecule has 0 bridgehead atoms. The number of nitrogens with two attached hydrogens (primary N) is 1. The van der Waals surface area contributed by atoms with Crippen LogP contribution in [0, 0.1) is 0 Å². The summed E-state index contributed by atoms with van der Waals surface area (Å²) in [5, 5.41) is 11.1. The van der Waals surface area contributed by atoms with Gasteiger partial charge >= 0.3 is 6.03 Å². The number of anilines is 2. The van der Waals surface area contributed by atoms with Crippen molar-refractivity contribution in [2.75, 3.05) is 43.1 Å². The first-order valence-corrected chi connectivity index (χ1v) is 14.5. The molecule has 210 valence electrons. The molecular weight excluding hydrogens is 502 g/mol. The molecule has 9 heteroatoms. The van der Waals surface area contributed by atoms with Crippen molar-refractivity contribution in [3.63, 3.8) is 0 Å². The Morgan fingerprint density at radius 3 is 2.35 bits per heavy atom. The van der Waals surface area contributed by atoms with Crippen LogP contribution < -0.4 is 15.6 Å². The van der Waals surface area contributed by atoms with E-state index >= 15 is 0 Å². The fourth-order valence-corrected chi connectivity index (χ4v) is 6.64. The highest BCUT2D eigenvalue weighted by molar-refractivity contribution is 6.27. The average Bonchev–Trinajstić information content (AvgIpc) is 3.53. The van der Waals surface area contributed by atoms with Gasteiger partial charge < -0.3 is 10.6 Å². The number of rotatable bonds is 6. The fourth-order valence-electron chi connectivity index (χ4n) is 6.64. The summed E-state index contributed by atoms with van der Waals surface area (Å²) < 4.78 is 0. The Bertz CT molecular complexity index is 1400. The number of hydrogen-bond donors (Lipinski definition) is 2. The first-order valence-electron chi connectivity index (χ1n) is 14.5. The molecule has 6 rings (SSSR count). The smallest absolute Gasteiger partial charge is 0.334 e. The summed E-state index contributed by atoms with van der Waals surface area (Å²) in [5.41, 5.74) is 11.6. The number of aromatic amines is 1. The van der Waals surface area contributed by atoms with Gasteiger partial charge in [-0.1, -0.05) is 43.5 Å². The zero-order valence-corrected chi connectivity index (χ0v) is 23.7. The number of ketones is 1. The van der Waals surface area contributed by atoms with Crippen LogP contribution in [0.5, 0.6) is 0 Å². The zero-order chi connectivity index (χ0) is 28.0. The van der Waals surface area contributed by atoms with Crippen LogP contribution in [0.2, 0.25) is 0 Å². The molecule has 1 aromatic heterocycles. The predicted octanol–water partition coefficient (Wildman–Crippen LogP) is 4.88. The lowest BCUT2D eigenvalue weighted by atomic mass is 9.95. The number of nitrogens with zero attached hydrogens (tertiary/aromatic N) is 5. The highest BCUT2D eigenvalue weighted by Crippen LogP contribution is 2.44. The number of urea groups is 1. The highest BCUT2D eigenvalue weighted by atomic mass is 16.2. The lowest BCUT2D eigenvalue weighted by molar-refractivity contribution is 0.104. The van der Waals surface area contributed by atoms with E-state index in [1.54, 1.807) is 0 Å².